The van der Waals surface area contributed by atoms with Crippen molar-refractivity contribution >= 4 is 5.69 Å². The van der Waals surface area contributed by atoms with E-state index < -0.39 is 18.8 Å². The van der Waals surface area contributed by atoms with Crippen molar-refractivity contribution < 1.29 is 17.6 Å². The van der Waals surface area contributed by atoms with Gasteiger partial charge in [-0.3, -0.25) is 23.9 Å². The number of hydrogen-bond donors (Lipinski definition) is 1. The maximum atomic E-state index is 13.7. The standard InChI is InChI=1S/C28H34F4N6/c1-3-37-15-22(13-34-37)20-5-7-25-21(12-20)11-19(2)38(18-28(30,31)32)27(25)26-8-6-23(14-33-26)35-24-16-36(17-24)10-4-9-29/h5-8,12-15,19,24,27,35H,3-4,9-11,16-18H2,1-2H3. The molecule has 4 heterocycles. The molecule has 0 radical (unpaired) electrons. The molecule has 0 saturated carbocycles. The molecule has 1 saturated heterocycles. The highest BCUT2D eigenvalue weighted by Gasteiger charge is 2.41. The van der Waals surface area contributed by atoms with Gasteiger partial charge in [0.2, 0.25) is 0 Å². The highest BCUT2D eigenvalue weighted by Crippen LogP contribution is 2.40. The third-order valence-corrected chi connectivity index (χ3v) is 7.51. The van der Waals surface area contributed by atoms with Gasteiger partial charge in [-0.05, 0) is 55.5 Å². The van der Waals surface area contributed by atoms with Crippen molar-refractivity contribution in [3.63, 3.8) is 0 Å². The highest BCUT2D eigenvalue weighted by atomic mass is 19.4. The zero-order valence-corrected chi connectivity index (χ0v) is 21.8. The number of benzene rings is 1. The van der Waals surface area contributed by atoms with Crippen LogP contribution in [0.4, 0.5) is 23.2 Å². The van der Waals surface area contributed by atoms with Crippen LogP contribution in [0.1, 0.15) is 43.1 Å². The fourth-order valence-corrected chi connectivity index (χ4v) is 5.58. The average Bonchev–Trinajstić information content (AvgIpc) is 3.35. The molecule has 2 unspecified atom stereocenters. The molecule has 5 rings (SSSR count). The number of pyridine rings is 1. The second-order valence-corrected chi connectivity index (χ2v) is 10.4. The molecule has 2 aliphatic rings. The summed E-state index contributed by atoms with van der Waals surface area (Å²) in [5, 5.41) is 7.78. The predicted molar refractivity (Wildman–Crippen MR) is 140 cm³/mol. The van der Waals surface area contributed by atoms with Crippen molar-refractivity contribution in [2.75, 3.05) is 38.2 Å². The van der Waals surface area contributed by atoms with Gasteiger partial charge in [-0.25, -0.2) is 0 Å². The van der Waals surface area contributed by atoms with Crippen LogP contribution in [-0.4, -0.2) is 75.7 Å². The van der Waals surface area contributed by atoms with Crippen LogP contribution in [0.15, 0.2) is 48.9 Å². The molecule has 2 aromatic heterocycles. The molecule has 38 heavy (non-hydrogen) atoms. The molecular formula is C28H34F4N6. The van der Waals surface area contributed by atoms with Gasteiger partial charge in [0, 0.05) is 44.0 Å². The summed E-state index contributed by atoms with van der Waals surface area (Å²) in [6.07, 6.45) is 2.26. The quantitative estimate of drug-likeness (QED) is 0.380. The zero-order valence-electron chi connectivity index (χ0n) is 21.8. The third-order valence-electron chi connectivity index (χ3n) is 7.51. The van der Waals surface area contributed by atoms with E-state index in [1.807, 2.05) is 55.2 Å². The van der Waals surface area contributed by atoms with Crippen molar-refractivity contribution in [3.05, 3.63) is 65.7 Å². The summed E-state index contributed by atoms with van der Waals surface area (Å²) >= 11 is 0. The van der Waals surface area contributed by atoms with E-state index in [1.54, 1.807) is 6.20 Å². The summed E-state index contributed by atoms with van der Waals surface area (Å²) in [4.78, 5) is 8.35. The summed E-state index contributed by atoms with van der Waals surface area (Å²) in [5.74, 6) is 0. The van der Waals surface area contributed by atoms with Crippen LogP contribution < -0.4 is 5.32 Å². The van der Waals surface area contributed by atoms with E-state index in [2.05, 4.69) is 26.4 Å². The topological polar surface area (TPSA) is 49.2 Å². The second-order valence-electron chi connectivity index (χ2n) is 10.4. The molecule has 6 nitrogen and oxygen atoms in total. The van der Waals surface area contributed by atoms with E-state index in [0.29, 0.717) is 18.5 Å². The predicted octanol–water partition coefficient (Wildman–Crippen LogP) is 5.32. The Morgan fingerprint density at radius 3 is 2.55 bits per heavy atom. The summed E-state index contributed by atoms with van der Waals surface area (Å²) in [5.41, 5.74) is 5.32. The van der Waals surface area contributed by atoms with Gasteiger partial charge >= 0.3 is 6.18 Å². The van der Waals surface area contributed by atoms with Crippen molar-refractivity contribution in [2.24, 2.45) is 0 Å². The van der Waals surface area contributed by atoms with Crippen LogP contribution in [0.5, 0.6) is 0 Å². The third kappa shape index (κ3) is 5.86. The number of halogens is 4. The molecule has 0 bridgehead atoms. The van der Waals surface area contributed by atoms with Crippen molar-refractivity contribution in [1.82, 2.24) is 24.6 Å². The van der Waals surface area contributed by atoms with Gasteiger partial charge in [0.1, 0.15) is 0 Å². The van der Waals surface area contributed by atoms with Crippen LogP contribution >= 0.6 is 0 Å². The number of hydrogen-bond acceptors (Lipinski definition) is 5. The monoisotopic (exact) mass is 530 g/mol. The maximum Gasteiger partial charge on any atom is 0.401 e. The molecule has 0 amide bonds. The van der Waals surface area contributed by atoms with Gasteiger partial charge in [0.15, 0.2) is 0 Å². The van der Waals surface area contributed by atoms with E-state index in [1.165, 1.54) is 4.90 Å². The number of aryl methyl sites for hydroxylation is 1. The fourth-order valence-electron chi connectivity index (χ4n) is 5.58. The molecule has 0 aliphatic carbocycles. The van der Waals surface area contributed by atoms with Crippen molar-refractivity contribution in [1.29, 1.82) is 0 Å². The average molecular weight is 531 g/mol. The Labute approximate surface area is 220 Å². The largest absolute Gasteiger partial charge is 0.401 e. The molecule has 2 aliphatic heterocycles. The zero-order chi connectivity index (χ0) is 26.9. The number of nitrogens with one attached hydrogen (secondary N) is 1. The molecule has 2 atom stereocenters. The summed E-state index contributed by atoms with van der Waals surface area (Å²) < 4.78 is 55.2. The maximum absolute atomic E-state index is 13.7. The number of likely N-dealkylation sites (tertiary alicyclic amines) is 1. The van der Waals surface area contributed by atoms with E-state index in [-0.39, 0.29) is 18.8 Å². The van der Waals surface area contributed by atoms with Crippen LogP contribution in [0, 0.1) is 0 Å². The SMILES string of the molecule is CCn1cc(-c2ccc3c(c2)CC(C)N(CC(F)(F)F)C3c2ccc(NC3CN(CCCF)C3)cn2)cn1. The van der Waals surface area contributed by atoms with Gasteiger partial charge in [-0.1, -0.05) is 18.2 Å². The van der Waals surface area contributed by atoms with Crippen LogP contribution in [0.3, 0.4) is 0 Å². The van der Waals surface area contributed by atoms with Crippen LogP contribution in [-0.2, 0) is 13.0 Å². The van der Waals surface area contributed by atoms with Gasteiger partial charge in [-0.15, -0.1) is 0 Å². The molecular weight excluding hydrogens is 496 g/mol. The van der Waals surface area contributed by atoms with Gasteiger partial charge in [0.05, 0.1) is 49.1 Å². The van der Waals surface area contributed by atoms with Crippen LogP contribution in [0.25, 0.3) is 11.1 Å². The molecule has 1 aromatic carbocycles. The first-order chi connectivity index (χ1) is 18.2. The van der Waals surface area contributed by atoms with E-state index in [4.69, 9.17) is 0 Å². The summed E-state index contributed by atoms with van der Waals surface area (Å²) in [6.45, 7) is 5.77. The number of anilines is 1. The Morgan fingerprint density at radius 1 is 1.08 bits per heavy atom. The minimum atomic E-state index is -4.32. The lowest BCUT2D eigenvalue weighted by molar-refractivity contribution is -0.155. The first kappa shape index (κ1) is 26.6. The summed E-state index contributed by atoms with van der Waals surface area (Å²) in [7, 11) is 0. The summed E-state index contributed by atoms with van der Waals surface area (Å²) in [6, 6.07) is 9.07. The van der Waals surface area contributed by atoms with Gasteiger partial charge in [0.25, 0.3) is 0 Å². The fraction of sp³-hybridized carbons (Fsp3) is 0.500. The highest BCUT2D eigenvalue weighted by molar-refractivity contribution is 5.64. The Kier molecular flexibility index (Phi) is 7.72. The molecule has 3 aromatic rings. The van der Waals surface area contributed by atoms with E-state index in [0.717, 1.165) is 54.1 Å². The first-order valence-electron chi connectivity index (χ1n) is 13.2. The smallest absolute Gasteiger partial charge is 0.378 e. The normalized spacial score (nSPS) is 20.8. The number of nitrogens with zero attached hydrogens (tertiary/aromatic N) is 5. The van der Waals surface area contributed by atoms with Gasteiger partial charge < -0.3 is 5.32 Å². The Balaban J connectivity index is 1.39. The van der Waals surface area contributed by atoms with E-state index >= 15 is 0 Å². The number of alkyl halides is 4. The lowest BCUT2D eigenvalue weighted by Gasteiger charge is -2.42. The first-order valence-corrected chi connectivity index (χ1v) is 13.2. The molecule has 204 valence electrons. The number of aromatic nitrogens is 3. The van der Waals surface area contributed by atoms with Crippen molar-refractivity contribution in [2.45, 2.75) is 57.5 Å². The molecule has 1 N–H and O–H groups in total. The Morgan fingerprint density at radius 2 is 1.89 bits per heavy atom. The number of rotatable bonds is 9. The number of fused-ring (bicyclic) bond motifs is 1. The van der Waals surface area contributed by atoms with E-state index in [9.17, 15) is 17.6 Å². The Bertz CT molecular complexity index is 1220. The lowest BCUT2D eigenvalue weighted by atomic mass is 9.85. The molecule has 1 fully saturated rings. The minimum absolute atomic E-state index is 0.259. The molecule has 10 heteroatoms. The minimum Gasteiger partial charge on any atom is -0.378 e. The van der Waals surface area contributed by atoms with Crippen LogP contribution in [0.2, 0.25) is 0 Å². The lowest BCUT2D eigenvalue weighted by Crippen LogP contribution is -2.54. The second kappa shape index (κ2) is 11.0. The Hall–Kier alpha value is -2.98. The van der Waals surface area contributed by atoms with Crippen molar-refractivity contribution in [3.8, 4) is 11.1 Å². The molecule has 0 spiro atoms. The van der Waals surface area contributed by atoms with Gasteiger partial charge in [-0.2, -0.15) is 18.3 Å².